The van der Waals surface area contributed by atoms with Crippen LogP contribution in [0.3, 0.4) is 0 Å². The van der Waals surface area contributed by atoms with Crippen LogP contribution in [-0.2, 0) is 0 Å². The van der Waals surface area contributed by atoms with Gasteiger partial charge < -0.3 is 4.42 Å². The summed E-state index contributed by atoms with van der Waals surface area (Å²) in [4.78, 5) is 0. The molecule has 1 heterocycles. The van der Waals surface area contributed by atoms with Crippen LogP contribution >= 0.6 is 0 Å². The first-order valence-corrected chi connectivity index (χ1v) is 13.4. The molecule has 5 aromatic rings. The maximum absolute atomic E-state index is 6.59. The third-order valence-electron chi connectivity index (χ3n) is 8.06. The first-order chi connectivity index (χ1) is 19.3. The summed E-state index contributed by atoms with van der Waals surface area (Å²) in [5.41, 5.74) is 11.7. The summed E-state index contributed by atoms with van der Waals surface area (Å²) in [5.74, 6) is 0.365. The van der Waals surface area contributed by atoms with Crippen LogP contribution in [0.15, 0.2) is 157 Å². The largest absolute Gasteiger partial charge is 0.455 e. The highest BCUT2D eigenvalue weighted by Crippen LogP contribution is 2.52. The molecular weight excluding hydrogens is 472 g/mol. The van der Waals surface area contributed by atoms with E-state index in [1.54, 1.807) is 6.08 Å². The van der Waals surface area contributed by atoms with Crippen LogP contribution in [-0.4, -0.2) is 0 Å². The lowest BCUT2D eigenvalue weighted by atomic mass is 9.66. The predicted octanol–water partition coefficient (Wildman–Crippen LogP) is 10.0. The van der Waals surface area contributed by atoms with Crippen LogP contribution in [0.4, 0.5) is 0 Å². The van der Waals surface area contributed by atoms with Crippen molar-refractivity contribution in [3.05, 3.63) is 180 Å². The van der Waals surface area contributed by atoms with E-state index in [1.165, 1.54) is 38.8 Å². The third kappa shape index (κ3) is 3.62. The molecule has 39 heavy (non-hydrogen) atoms. The highest BCUT2D eigenvalue weighted by molar-refractivity contribution is 6.10. The van der Waals surface area contributed by atoms with Gasteiger partial charge in [-0.05, 0) is 45.0 Å². The molecule has 1 aromatic heterocycles. The molecule has 0 radical (unpaired) electrons. The Balaban J connectivity index is 1.52. The molecule has 0 N–H and O–H groups in total. The van der Waals surface area contributed by atoms with Gasteiger partial charge in [-0.2, -0.15) is 0 Å². The normalized spacial score (nSPS) is 18.3. The van der Waals surface area contributed by atoms with Crippen LogP contribution < -0.4 is 0 Å². The molecule has 2 unspecified atom stereocenters. The average molecular weight is 501 g/mol. The van der Waals surface area contributed by atoms with Crippen molar-refractivity contribution >= 4 is 33.1 Å². The van der Waals surface area contributed by atoms with Crippen LogP contribution in [0.2, 0.25) is 0 Å². The lowest BCUT2D eigenvalue weighted by Gasteiger charge is -2.37. The first kappa shape index (κ1) is 23.3. The fourth-order valence-electron chi connectivity index (χ4n) is 6.49. The predicted molar refractivity (Wildman–Crippen MR) is 165 cm³/mol. The Morgan fingerprint density at radius 3 is 2.41 bits per heavy atom. The van der Waals surface area contributed by atoms with Crippen molar-refractivity contribution in [1.29, 1.82) is 0 Å². The number of para-hydroxylation sites is 1. The number of fused-ring (bicyclic) bond motifs is 5. The number of allylic oxidation sites excluding steroid dienone is 9. The maximum atomic E-state index is 6.59. The van der Waals surface area contributed by atoms with Crippen molar-refractivity contribution in [3.8, 4) is 0 Å². The monoisotopic (exact) mass is 500 g/mol. The van der Waals surface area contributed by atoms with Crippen molar-refractivity contribution in [2.45, 2.75) is 5.92 Å². The molecule has 2 aliphatic carbocycles. The summed E-state index contributed by atoms with van der Waals surface area (Å²) in [6, 6.07) is 32.6. The van der Waals surface area contributed by atoms with E-state index in [1.807, 2.05) is 12.2 Å². The standard InChI is InChI=1S/C38H28O/c1-3-14-25(4-2)27-21-12-23-33-37-32(22-13-24-34(37)39-38(27)33)36-30-19-10-8-17-28(30)35(26-15-6-5-7-16-26)29-18-9-11-20-31(29)36/h3-24,30,36H,1-2H2/b25-14+. The van der Waals surface area contributed by atoms with E-state index in [-0.39, 0.29) is 11.8 Å². The summed E-state index contributed by atoms with van der Waals surface area (Å²) in [6.07, 6.45) is 14.7. The maximum Gasteiger partial charge on any atom is 0.143 e. The number of rotatable bonds is 5. The summed E-state index contributed by atoms with van der Waals surface area (Å²) in [6.45, 7) is 7.92. The van der Waals surface area contributed by atoms with Crippen molar-refractivity contribution in [2.75, 3.05) is 0 Å². The Kier molecular flexibility index (Phi) is 5.64. The SMILES string of the molecule is C=C/C=C(\C=C)c1cccc2c1oc1cccc(C3c4ccccc4C(c4ccccc4)=C4C=CC=CC43)c12. The summed E-state index contributed by atoms with van der Waals surface area (Å²) in [7, 11) is 0. The molecular formula is C38H28O. The molecule has 2 aliphatic rings. The average Bonchev–Trinajstić information content (AvgIpc) is 3.38. The van der Waals surface area contributed by atoms with Gasteiger partial charge in [-0.1, -0.05) is 141 Å². The first-order valence-electron chi connectivity index (χ1n) is 13.4. The molecule has 7 rings (SSSR count). The van der Waals surface area contributed by atoms with Gasteiger partial charge in [-0.3, -0.25) is 0 Å². The fourth-order valence-corrected chi connectivity index (χ4v) is 6.49. The van der Waals surface area contributed by atoms with Gasteiger partial charge in [-0.15, -0.1) is 0 Å². The van der Waals surface area contributed by atoms with Gasteiger partial charge in [-0.25, -0.2) is 0 Å². The molecule has 0 fully saturated rings. The smallest absolute Gasteiger partial charge is 0.143 e. The zero-order valence-corrected chi connectivity index (χ0v) is 21.7. The lowest BCUT2D eigenvalue weighted by Crippen LogP contribution is -2.23. The van der Waals surface area contributed by atoms with Crippen LogP contribution in [0, 0.1) is 5.92 Å². The molecule has 1 heteroatoms. The minimum Gasteiger partial charge on any atom is -0.455 e. The minimum atomic E-state index is 0.153. The Hall–Kier alpha value is -4.88. The van der Waals surface area contributed by atoms with Gasteiger partial charge in [0.1, 0.15) is 11.2 Å². The van der Waals surface area contributed by atoms with E-state index in [9.17, 15) is 0 Å². The number of benzene rings is 4. The molecule has 186 valence electrons. The van der Waals surface area contributed by atoms with Crippen LogP contribution in [0.1, 0.15) is 33.7 Å². The lowest BCUT2D eigenvalue weighted by molar-refractivity contribution is 0.648. The quantitative estimate of drug-likeness (QED) is 0.219. The van der Waals surface area contributed by atoms with Crippen molar-refractivity contribution in [1.82, 2.24) is 0 Å². The second kappa shape index (κ2) is 9.45. The molecule has 0 saturated heterocycles. The minimum absolute atomic E-state index is 0.153. The zero-order valence-electron chi connectivity index (χ0n) is 21.7. The highest BCUT2D eigenvalue weighted by Gasteiger charge is 2.36. The van der Waals surface area contributed by atoms with E-state index in [2.05, 4.69) is 128 Å². The highest BCUT2D eigenvalue weighted by atomic mass is 16.3. The number of hydrogen-bond donors (Lipinski definition) is 0. The molecule has 0 amide bonds. The van der Waals surface area contributed by atoms with Gasteiger partial charge in [0.05, 0.1) is 0 Å². The molecule has 4 aromatic carbocycles. The van der Waals surface area contributed by atoms with E-state index < -0.39 is 0 Å². The zero-order chi connectivity index (χ0) is 26.3. The molecule has 0 bridgehead atoms. The number of hydrogen-bond acceptors (Lipinski definition) is 1. The molecule has 2 atom stereocenters. The van der Waals surface area contributed by atoms with Gasteiger partial charge in [0.25, 0.3) is 0 Å². The Morgan fingerprint density at radius 2 is 1.56 bits per heavy atom. The van der Waals surface area contributed by atoms with E-state index in [0.717, 1.165) is 27.7 Å². The summed E-state index contributed by atoms with van der Waals surface area (Å²) in [5, 5.41) is 2.31. The topological polar surface area (TPSA) is 13.1 Å². The van der Waals surface area contributed by atoms with Gasteiger partial charge in [0, 0.05) is 28.2 Å². The van der Waals surface area contributed by atoms with Gasteiger partial charge in [0.2, 0.25) is 0 Å². The molecule has 0 spiro atoms. The van der Waals surface area contributed by atoms with Gasteiger partial charge in [0.15, 0.2) is 0 Å². The van der Waals surface area contributed by atoms with Crippen molar-refractivity contribution in [3.63, 3.8) is 0 Å². The summed E-state index contributed by atoms with van der Waals surface area (Å²) >= 11 is 0. The third-order valence-corrected chi connectivity index (χ3v) is 8.06. The second-order valence-electron chi connectivity index (χ2n) is 10.1. The number of furan rings is 1. The second-order valence-corrected chi connectivity index (χ2v) is 10.1. The van der Waals surface area contributed by atoms with Crippen LogP contribution in [0.5, 0.6) is 0 Å². The van der Waals surface area contributed by atoms with Crippen molar-refractivity contribution < 1.29 is 4.42 Å². The Bertz CT molecular complexity index is 1890. The van der Waals surface area contributed by atoms with E-state index >= 15 is 0 Å². The van der Waals surface area contributed by atoms with Gasteiger partial charge >= 0.3 is 0 Å². The molecule has 1 nitrogen and oxygen atoms in total. The summed E-state index contributed by atoms with van der Waals surface area (Å²) < 4.78 is 6.59. The molecule has 0 saturated carbocycles. The van der Waals surface area contributed by atoms with Crippen LogP contribution in [0.25, 0.3) is 33.1 Å². The fraction of sp³-hybridized carbons (Fsp3) is 0.0526. The van der Waals surface area contributed by atoms with E-state index in [0.29, 0.717) is 0 Å². The Morgan fingerprint density at radius 1 is 0.769 bits per heavy atom. The van der Waals surface area contributed by atoms with E-state index in [4.69, 9.17) is 4.42 Å². The molecule has 0 aliphatic heterocycles. The van der Waals surface area contributed by atoms with Crippen molar-refractivity contribution in [2.24, 2.45) is 5.92 Å². The Labute approximate surface area is 229 Å².